The average Bonchev–Trinajstić information content (AvgIpc) is 3.32. The van der Waals surface area contributed by atoms with Crippen LogP contribution in [0.25, 0.3) is 11.5 Å². The van der Waals surface area contributed by atoms with Gasteiger partial charge in [-0.25, -0.2) is 4.39 Å². The molecule has 136 valence electrons. The number of benzene rings is 2. The number of hydrogen-bond donors (Lipinski definition) is 1. The normalized spacial score (nSPS) is 16.6. The first-order valence-corrected chi connectivity index (χ1v) is 8.34. The SMILES string of the molecule is O=C(Nc1cccc(-c2nnco2)c1)[C@@H]1CC(=O)N(c2ccccc2F)C1. The molecule has 0 bridgehead atoms. The second kappa shape index (κ2) is 6.99. The Kier molecular flexibility index (Phi) is 4.37. The maximum Gasteiger partial charge on any atom is 0.247 e. The van der Waals surface area contributed by atoms with E-state index < -0.39 is 11.7 Å². The first-order valence-electron chi connectivity index (χ1n) is 8.34. The smallest absolute Gasteiger partial charge is 0.247 e. The molecule has 1 saturated heterocycles. The molecule has 3 aromatic rings. The highest BCUT2D eigenvalue weighted by molar-refractivity contribution is 6.03. The number of anilines is 2. The van der Waals surface area contributed by atoms with Gasteiger partial charge in [0.1, 0.15) is 5.82 Å². The molecule has 4 rings (SSSR count). The lowest BCUT2D eigenvalue weighted by atomic mass is 10.1. The minimum absolute atomic E-state index is 0.0313. The van der Waals surface area contributed by atoms with Crippen LogP contribution >= 0.6 is 0 Å². The molecule has 0 saturated carbocycles. The summed E-state index contributed by atoms with van der Waals surface area (Å²) in [5.74, 6) is -1.29. The van der Waals surface area contributed by atoms with Crippen LogP contribution in [-0.2, 0) is 9.59 Å². The van der Waals surface area contributed by atoms with E-state index in [1.165, 1.54) is 23.4 Å². The van der Waals surface area contributed by atoms with Gasteiger partial charge in [-0.1, -0.05) is 18.2 Å². The number of nitrogens with one attached hydrogen (secondary N) is 1. The zero-order chi connectivity index (χ0) is 18.8. The van der Waals surface area contributed by atoms with E-state index in [2.05, 4.69) is 15.5 Å². The van der Waals surface area contributed by atoms with E-state index in [9.17, 15) is 14.0 Å². The summed E-state index contributed by atoms with van der Waals surface area (Å²) in [5.41, 5.74) is 1.41. The number of para-hydroxylation sites is 1. The van der Waals surface area contributed by atoms with E-state index in [0.29, 0.717) is 17.1 Å². The van der Waals surface area contributed by atoms with Crippen molar-refractivity contribution in [1.82, 2.24) is 10.2 Å². The number of amides is 2. The molecule has 7 nitrogen and oxygen atoms in total. The van der Waals surface area contributed by atoms with E-state index >= 15 is 0 Å². The first-order chi connectivity index (χ1) is 13.1. The van der Waals surface area contributed by atoms with Gasteiger partial charge in [0.15, 0.2) is 0 Å². The monoisotopic (exact) mass is 366 g/mol. The summed E-state index contributed by atoms with van der Waals surface area (Å²) < 4.78 is 19.1. The van der Waals surface area contributed by atoms with Crippen LogP contribution in [0.2, 0.25) is 0 Å². The van der Waals surface area contributed by atoms with E-state index in [1.54, 1.807) is 36.4 Å². The zero-order valence-corrected chi connectivity index (χ0v) is 14.1. The van der Waals surface area contributed by atoms with Gasteiger partial charge >= 0.3 is 0 Å². The average molecular weight is 366 g/mol. The van der Waals surface area contributed by atoms with E-state index in [1.807, 2.05) is 0 Å². The Labute approximate surface area is 153 Å². The third kappa shape index (κ3) is 3.41. The molecule has 1 aromatic heterocycles. The molecule has 1 aliphatic heterocycles. The molecule has 2 aromatic carbocycles. The predicted molar refractivity (Wildman–Crippen MR) is 95.2 cm³/mol. The van der Waals surface area contributed by atoms with Crippen molar-refractivity contribution in [2.45, 2.75) is 6.42 Å². The van der Waals surface area contributed by atoms with Crippen LogP contribution in [0.1, 0.15) is 6.42 Å². The molecular weight excluding hydrogens is 351 g/mol. The Bertz CT molecular complexity index is 990. The van der Waals surface area contributed by atoms with Crippen LogP contribution in [0.4, 0.5) is 15.8 Å². The summed E-state index contributed by atoms with van der Waals surface area (Å²) in [6.45, 7) is 0.134. The van der Waals surface area contributed by atoms with Crippen molar-refractivity contribution in [3.8, 4) is 11.5 Å². The van der Waals surface area contributed by atoms with E-state index in [4.69, 9.17) is 4.42 Å². The topological polar surface area (TPSA) is 88.3 Å². The standard InChI is InChI=1S/C19H15FN4O3/c20-15-6-1-2-7-16(15)24-10-13(9-17(24)25)18(26)22-14-5-3-4-12(8-14)19-23-21-11-27-19/h1-8,11,13H,9-10H2,(H,22,26)/t13-/m1/s1. The number of hydrogen-bond acceptors (Lipinski definition) is 5. The molecule has 2 amide bonds. The second-order valence-electron chi connectivity index (χ2n) is 6.17. The molecule has 0 unspecified atom stereocenters. The van der Waals surface area contributed by atoms with Crippen molar-refractivity contribution < 1.29 is 18.4 Å². The van der Waals surface area contributed by atoms with Crippen molar-refractivity contribution in [2.75, 3.05) is 16.8 Å². The molecule has 1 aliphatic rings. The fourth-order valence-corrected chi connectivity index (χ4v) is 3.06. The summed E-state index contributed by atoms with van der Waals surface area (Å²) in [5, 5.41) is 10.2. The Morgan fingerprint density at radius 1 is 1.22 bits per heavy atom. The Balaban J connectivity index is 1.47. The maximum absolute atomic E-state index is 14.0. The van der Waals surface area contributed by atoms with E-state index in [0.717, 1.165) is 0 Å². The van der Waals surface area contributed by atoms with Crippen LogP contribution in [0, 0.1) is 11.7 Å². The van der Waals surface area contributed by atoms with Crippen molar-refractivity contribution in [2.24, 2.45) is 5.92 Å². The number of carbonyl (C=O) groups excluding carboxylic acids is 2. The van der Waals surface area contributed by atoms with Gasteiger partial charge in [-0.2, -0.15) is 0 Å². The fourth-order valence-electron chi connectivity index (χ4n) is 3.06. The lowest BCUT2D eigenvalue weighted by Gasteiger charge is -2.17. The summed E-state index contributed by atoms with van der Waals surface area (Å²) >= 11 is 0. The summed E-state index contributed by atoms with van der Waals surface area (Å²) in [7, 11) is 0. The predicted octanol–water partition coefficient (Wildman–Crippen LogP) is 2.87. The van der Waals surface area contributed by atoms with Gasteiger partial charge < -0.3 is 14.6 Å². The van der Waals surface area contributed by atoms with Gasteiger partial charge in [-0.05, 0) is 30.3 Å². The number of halogens is 1. The van der Waals surface area contributed by atoms with Crippen molar-refractivity contribution in [1.29, 1.82) is 0 Å². The lowest BCUT2D eigenvalue weighted by Crippen LogP contribution is -2.28. The van der Waals surface area contributed by atoms with Gasteiger partial charge in [0.2, 0.25) is 24.1 Å². The zero-order valence-electron chi connectivity index (χ0n) is 14.1. The number of carbonyl (C=O) groups is 2. The molecule has 0 aliphatic carbocycles. The highest BCUT2D eigenvalue weighted by atomic mass is 19.1. The molecule has 1 fully saturated rings. The number of rotatable bonds is 4. The number of nitrogens with zero attached hydrogens (tertiary/aromatic N) is 3. The van der Waals surface area contributed by atoms with Gasteiger partial charge in [-0.3, -0.25) is 9.59 Å². The highest BCUT2D eigenvalue weighted by Crippen LogP contribution is 2.28. The van der Waals surface area contributed by atoms with Crippen molar-refractivity contribution in [3.63, 3.8) is 0 Å². The molecule has 1 N–H and O–H groups in total. The van der Waals surface area contributed by atoms with Crippen molar-refractivity contribution >= 4 is 23.2 Å². The third-order valence-corrected chi connectivity index (χ3v) is 4.38. The summed E-state index contributed by atoms with van der Waals surface area (Å²) in [6, 6.07) is 13.0. The van der Waals surface area contributed by atoms with Gasteiger partial charge in [-0.15, -0.1) is 10.2 Å². The molecule has 0 radical (unpaired) electrons. The van der Waals surface area contributed by atoms with Gasteiger partial charge in [0, 0.05) is 24.2 Å². The quantitative estimate of drug-likeness (QED) is 0.767. The maximum atomic E-state index is 14.0. The molecule has 1 atom stereocenters. The molecular formula is C19H15FN4O3. The summed E-state index contributed by atoms with van der Waals surface area (Å²) in [6.07, 6.45) is 1.26. The third-order valence-electron chi connectivity index (χ3n) is 4.38. The Hall–Kier alpha value is -3.55. The minimum Gasteiger partial charge on any atom is -0.423 e. The largest absolute Gasteiger partial charge is 0.423 e. The van der Waals surface area contributed by atoms with E-state index in [-0.39, 0.29) is 30.5 Å². The molecule has 0 spiro atoms. The van der Waals surface area contributed by atoms with Crippen LogP contribution in [0.3, 0.4) is 0 Å². The van der Waals surface area contributed by atoms with Crippen molar-refractivity contribution in [3.05, 3.63) is 60.7 Å². The van der Waals surface area contributed by atoms with Crippen LogP contribution in [-0.4, -0.2) is 28.6 Å². The Morgan fingerprint density at radius 2 is 2.07 bits per heavy atom. The fraction of sp³-hybridized carbons (Fsp3) is 0.158. The van der Waals surface area contributed by atoms with Crippen LogP contribution in [0.15, 0.2) is 59.3 Å². The second-order valence-corrected chi connectivity index (χ2v) is 6.17. The molecule has 8 heteroatoms. The van der Waals surface area contributed by atoms with Gasteiger partial charge in [0.25, 0.3) is 0 Å². The van der Waals surface area contributed by atoms with Gasteiger partial charge in [0.05, 0.1) is 11.6 Å². The molecule has 27 heavy (non-hydrogen) atoms. The lowest BCUT2D eigenvalue weighted by molar-refractivity contribution is -0.122. The number of aromatic nitrogens is 2. The van der Waals surface area contributed by atoms with Crippen LogP contribution < -0.4 is 10.2 Å². The van der Waals surface area contributed by atoms with Crippen LogP contribution in [0.5, 0.6) is 0 Å². The minimum atomic E-state index is -0.566. The summed E-state index contributed by atoms with van der Waals surface area (Å²) in [4.78, 5) is 26.2. The highest BCUT2D eigenvalue weighted by Gasteiger charge is 2.36. The Morgan fingerprint density at radius 3 is 2.85 bits per heavy atom. The molecule has 2 heterocycles. The first kappa shape index (κ1) is 16.9.